The van der Waals surface area contributed by atoms with Crippen LogP contribution in [-0.4, -0.2) is 4.57 Å². The maximum absolute atomic E-state index is 6.20. The molecule has 8 aromatic rings. The molecule has 0 spiro atoms. The second-order valence-electron chi connectivity index (χ2n) is 10.9. The average molecular weight is 544 g/mol. The van der Waals surface area contributed by atoms with Gasteiger partial charge in [0, 0.05) is 38.7 Å². The number of benzene rings is 6. The molecule has 9 rings (SSSR count). The number of para-hydroxylation sites is 3. The van der Waals surface area contributed by atoms with Gasteiger partial charge in [0.25, 0.3) is 0 Å². The monoisotopic (exact) mass is 543 g/mol. The molecule has 0 atom stereocenters. The molecule has 0 radical (unpaired) electrons. The van der Waals surface area contributed by atoms with Crippen LogP contribution in [0.15, 0.2) is 132 Å². The van der Waals surface area contributed by atoms with Crippen LogP contribution in [0.4, 0.5) is 0 Å². The topological polar surface area (TPSA) is 18.1 Å². The molecule has 0 bridgehead atoms. The molecule has 0 unspecified atom stereocenters. The third-order valence-electron chi connectivity index (χ3n) is 8.56. The summed E-state index contributed by atoms with van der Waals surface area (Å²) in [6, 6.07) is 46.3. The number of furan rings is 1. The molecule has 2 aromatic heterocycles. The Morgan fingerprint density at radius 2 is 1.22 bits per heavy atom. The van der Waals surface area contributed by atoms with Gasteiger partial charge in [-0.25, -0.2) is 0 Å². The lowest BCUT2D eigenvalue weighted by Gasteiger charge is -2.15. The number of fused-ring (bicyclic) bond motifs is 9. The van der Waals surface area contributed by atoms with E-state index in [-0.39, 0.29) is 0 Å². The predicted octanol–water partition coefficient (Wildman–Crippen LogP) is 10.8. The van der Waals surface area contributed by atoms with E-state index in [0.717, 1.165) is 22.7 Å². The summed E-state index contributed by atoms with van der Waals surface area (Å²) in [4.78, 5) is 0. The SMILES string of the molecule is c1ccc2c(c1)oc1cccc(-c3ccc4c(c3)CSCc3ccc(-n5c6ccccc6c6ccccc65)cc3-4)c12. The summed E-state index contributed by atoms with van der Waals surface area (Å²) in [7, 11) is 0. The minimum Gasteiger partial charge on any atom is -0.456 e. The first kappa shape index (κ1) is 23.0. The summed E-state index contributed by atoms with van der Waals surface area (Å²) in [5.41, 5.74) is 13.5. The van der Waals surface area contributed by atoms with Gasteiger partial charge in [0.2, 0.25) is 0 Å². The molecule has 2 nitrogen and oxygen atoms in total. The van der Waals surface area contributed by atoms with Crippen molar-refractivity contribution in [2.45, 2.75) is 11.5 Å². The van der Waals surface area contributed by atoms with Gasteiger partial charge in [0.05, 0.1) is 11.0 Å². The van der Waals surface area contributed by atoms with Gasteiger partial charge in [0.15, 0.2) is 0 Å². The summed E-state index contributed by atoms with van der Waals surface area (Å²) in [5, 5.41) is 4.95. The Kier molecular flexibility index (Phi) is 4.99. The molecule has 1 aliphatic rings. The molecule has 3 heterocycles. The van der Waals surface area contributed by atoms with E-state index in [1.54, 1.807) is 0 Å². The van der Waals surface area contributed by atoms with Crippen molar-refractivity contribution in [1.29, 1.82) is 0 Å². The van der Waals surface area contributed by atoms with Crippen LogP contribution in [0.2, 0.25) is 0 Å². The molecule has 1 aliphatic heterocycles. The maximum Gasteiger partial charge on any atom is 0.136 e. The lowest BCUT2D eigenvalue weighted by atomic mass is 9.92. The Bertz CT molecular complexity index is 2250. The van der Waals surface area contributed by atoms with Crippen LogP contribution in [0.5, 0.6) is 0 Å². The Morgan fingerprint density at radius 1 is 0.512 bits per heavy atom. The molecule has 0 fully saturated rings. The zero-order valence-electron chi connectivity index (χ0n) is 22.3. The lowest BCUT2D eigenvalue weighted by molar-refractivity contribution is 0.669. The number of rotatable bonds is 2. The lowest BCUT2D eigenvalue weighted by Crippen LogP contribution is -1.97. The smallest absolute Gasteiger partial charge is 0.136 e. The van der Waals surface area contributed by atoms with Crippen LogP contribution in [0.25, 0.3) is 71.7 Å². The predicted molar refractivity (Wildman–Crippen MR) is 174 cm³/mol. The number of hydrogen-bond donors (Lipinski definition) is 0. The number of hydrogen-bond acceptors (Lipinski definition) is 2. The van der Waals surface area contributed by atoms with E-state index in [1.165, 1.54) is 71.6 Å². The quantitative estimate of drug-likeness (QED) is 0.216. The highest BCUT2D eigenvalue weighted by Crippen LogP contribution is 2.42. The van der Waals surface area contributed by atoms with E-state index >= 15 is 0 Å². The van der Waals surface area contributed by atoms with E-state index in [2.05, 4.69) is 126 Å². The molecule has 0 N–H and O–H groups in total. The average Bonchev–Trinajstić information content (AvgIpc) is 3.51. The summed E-state index contributed by atoms with van der Waals surface area (Å²) in [6.45, 7) is 0. The van der Waals surface area contributed by atoms with E-state index in [4.69, 9.17) is 4.42 Å². The first-order valence-electron chi connectivity index (χ1n) is 14.1. The number of aromatic nitrogens is 1. The molecule has 6 aromatic carbocycles. The van der Waals surface area contributed by atoms with Gasteiger partial charge >= 0.3 is 0 Å². The van der Waals surface area contributed by atoms with Gasteiger partial charge in [-0.15, -0.1) is 0 Å². The highest BCUT2D eigenvalue weighted by Gasteiger charge is 2.19. The highest BCUT2D eigenvalue weighted by molar-refractivity contribution is 7.97. The van der Waals surface area contributed by atoms with E-state index in [1.807, 2.05) is 17.8 Å². The molecule has 0 saturated heterocycles. The van der Waals surface area contributed by atoms with Crippen molar-refractivity contribution in [1.82, 2.24) is 4.57 Å². The fourth-order valence-electron chi connectivity index (χ4n) is 6.71. The third-order valence-corrected chi connectivity index (χ3v) is 9.59. The minimum atomic E-state index is 0.937. The normalized spacial score (nSPS) is 13.1. The Labute approximate surface area is 241 Å². The fraction of sp³-hybridized carbons (Fsp3) is 0.0526. The molecular formula is C38H25NOS. The zero-order valence-corrected chi connectivity index (χ0v) is 23.1. The number of nitrogens with zero attached hydrogens (tertiary/aromatic N) is 1. The molecule has 3 heteroatoms. The van der Waals surface area contributed by atoms with Gasteiger partial charge < -0.3 is 8.98 Å². The van der Waals surface area contributed by atoms with Crippen LogP contribution in [0.3, 0.4) is 0 Å². The van der Waals surface area contributed by atoms with Gasteiger partial charge in [-0.1, -0.05) is 84.9 Å². The van der Waals surface area contributed by atoms with Crippen molar-refractivity contribution in [2.75, 3.05) is 0 Å². The van der Waals surface area contributed by atoms with Gasteiger partial charge in [-0.2, -0.15) is 11.8 Å². The largest absolute Gasteiger partial charge is 0.456 e. The second kappa shape index (κ2) is 8.89. The molecule has 194 valence electrons. The van der Waals surface area contributed by atoms with Crippen LogP contribution >= 0.6 is 11.8 Å². The van der Waals surface area contributed by atoms with E-state index in [9.17, 15) is 0 Å². The second-order valence-corrected chi connectivity index (χ2v) is 11.8. The standard InChI is InChI=1S/C38H25NOS/c1-4-12-34-30(8-1)31-9-2-5-13-35(31)39(34)27-18-16-25-22-41-23-26-20-24(17-19-28(26)33(25)21-27)29-11-7-15-37-38(29)32-10-3-6-14-36(32)40-37/h1-21H,22-23H2. The van der Waals surface area contributed by atoms with Crippen molar-refractivity contribution in [3.63, 3.8) is 0 Å². The molecule has 0 aliphatic carbocycles. The first-order valence-corrected chi connectivity index (χ1v) is 15.2. The maximum atomic E-state index is 6.20. The summed E-state index contributed by atoms with van der Waals surface area (Å²) >= 11 is 2.00. The first-order chi connectivity index (χ1) is 20.3. The van der Waals surface area contributed by atoms with E-state index in [0.29, 0.717) is 0 Å². The fourth-order valence-corrected chi connectivity index (χ4v) is 7.74. The van der Waals surface area contributed by atoms with Crippen LogP contribution < -0.4 is 0 Å². The van der Waals surface area contributed by atoms with Crippen molar-refractivity contribution >= 4 is 55.5 Å². The Hall–Kier alpha value is -4.73. The van der Waals surface area contributed by atoms with Crippen LogP contribution in [-0.2, 0) is 11.5 Å². The van der Waals surface area contributed by atoms with Crippen molar-refractivity contribution < 1.29 is 4.42 Å². The number of thioether (sulfide) groups is 1. The van der Waals surface area contributed by atoms with Gasteiger partial charge in [-0.3, -0.25) is 0 Å². The summed E-state index contributed by atoms with van der Waals surface area (Å²) in [5.74, 6) is 2.00. The van der Waals surface area contributed by atoms with Gasteiger partial charge in [0.1, 0.15) is 11.2 Å². The van der Waals surface area contributed by atoms with Gasteiger partial charge in [-0.05, 0) is 75.8 Å². The molecule has 41 heavy (non-hydrogen) atoms. The summed E-state index contributed by atoms with van der Waals surface area (Å²) in [6.07, 6.45) is 0. The Balaban J connectivity index is 1.23. The zero-order chi connectivity index (χ0) is 26.9. The Morgan fingerprint density at radius 3 is 2.05 bits per heavy atom. The summed E-state index contributed by atoms with van der Waals surface area (Å²) < 4.78 is 8.62. The van der Waals surface area contributed by atoms with E-state index < -0.39 is 0 Å². The molecular weight excluding hydrogens is 518 g/mol. The van der Waals surface area contributed by atoms with Crippen molar-refractivity contribution in [2.24, 2.45) is 0 Å². The van der Waals surface area contributed by atoms with Crippen LogP contribution in [0.1, 0.15) is 11.1 Å². The highest BCUT2D eigenvalue weighted by atomic mass is 32.2. The third kappa shape index (κ3) is 3.46. The molecule has 0 saturated carbocycles. The van der Waals surface area contributed by atoms with Crippen molar-refractivity contribution in [3.8, 4) is 27.9 Å². The molecule has 0 amide bonds. The van der Waals surface area contributed by atoms with Crippen molar-refractivity contribution in [3.05, 3.63) is 139 Å². The van der Waals surface area contributed by atoms with Crippen LogP contribution in [0, 0.1) is 0 Å². The minimum absolute atomic E-state index is 0.937.